The lowest BCUT2D eigenvalue weighted by Crippen LogP contribution is -2.55. The summed E-state index contributed by atoms with van der Waals surface area (Å²) in [5.74, 6) is -6.81. The fourth-order valence-electron chi connectivity index (χ4n) is 16.7. The van der Waals surface area contributed by atoms with E-state index in [4.69, 9.17) is 52.1 Å². The number of amides is 1. The second-order valence-electron chi connectivity index (χ2n) is 27.8. The predicted molar refractivity (Wildman–Crippen MR) is 344 cm³/mol. The number of aliphatic hydroxyl groups is 3. The summed E-state index contributed by atoms with van der Waals surface area (Å²) in [7, 11) is 5.85. The normalized spacial score (nSPS) is 32.2. The Morgan fingerprint density at radius 3 is 1.60 bits per heavy atom. The minimum Gasteiger partial charge on any atom is -0.507 e. The van der Waals surface area contributed by atoms with Crippen LogP contribution in [0.3, 0.4) is 0 Å². The highest BCUT2D eigenvalue weighted by Crippen LogP contribution is 2.56. The Labute approximate surface area is 569 Å². The first-order valence-electron chi connectivity index (χ1n) is 33.5. The maximum Gasteiger partial charge on any atom is 0.242 e. The van der Waals surface area contributed by atoms with Crippen molar-refractivity contribution in [2.75, 3.05) is 61.3 Å². The number of ether oxygens (including phenoxy) is 11. The summed E-state index contributed by atoms with van der Waals surface area (Å²) in [6.07, 6.45) is -6.50. The molecule has 1 amide bonds. The van der Waals surface area contributed by atoms with Crippen LogP contribution in [0.4, 0.5) is 0 Å². The molecule has 28 heteroatoms. The van der Waals surface area contributed by atoms with Crippen molar-refractivity contribution in [3.8, 4) is 34.5 Å². The van der Waals surface area contributed by atoms with E-state index in [1.807, 2.05) is 6.92 Å². The molecule has 0 radical (unpaired) electrons. The highest BCUT2D eigenvalue weighted by atomic mass is 16.7. The van der Waals surface area contributed by atoms with Gasteiger partial charge in [-0.1, -0.05) is 58.9 Å². The smallest absolute Gasteiger partial charge is 0.242 e. The molecule has 0 bridgehead atoms. The molecule has 28 nitrogen and oxygen atoms in total. The molecule has 5 saturated heterocycles. The number of morpholine rings is 2. The van der Waals surface area contributed by atoms with E-state index >= 15 is 0 Å². The zero-order valence-electron chi connectivity index (χ0n) is 56.6. The van der Waals surface area contributed by atoms with E-state index in [1.165, 1.54) is 38.5 Å². The van der Waals surface area contributed by atoms with Gasteiger partial charge in [-0.2, -0.15) is 5.10 Å². The van der Waals surface area contributed by atoms with Gasteiger partial charge in [0.15, 0.2) is 48.7 Å². The average Bonchev–Trinajstić information content (AvgIpc) is 1.61. The number of hydrazone groups is 1. The number of hydrogen-bond acceptors (Lipinski definition) is 27. The predicted octanol–water partition coefficient (Wildman–Crippen LogP) is 4.31. The number of methoxy groups -OCH3 is 4. The third-order valence-corrected chi connectivity index (χ3v) is 21.3. The monoisotopic (exact) mass is 1380 g/mol. The fraction of sp³-hybridized carbons (Fsp3) is 0.563. The number of rotatable bonds is 14. The van der Waals surface area contributed by atoms with Crippen LogP contribution in [0.2, 0.25) is 0 Å². The highest BCUT2D eigenvalue weighted by Gasteiger charge is 2.58. The summed E-state index contributed by atoms with van der Waals surface area (Å²) in [5, 5.41) is 86.1. The maximum atomic E-state index is 14.1. The van der Waals surface area contributed by atoms with Gasteiger partial charge in [0.2, 0.25) is 17.5 Å². The number of hydrogen-bond donors (Lipinski definition) is 8. The Bertz CT molecular complexity index is 3990. The third kappa shape index (κ3) is 11.6. The minimum absolute atomic E-state index is 0.00341. The number of Topliss-reactive ketones (excluding diaryl/α,β-unsaturated/α-hetero) is 1. The SMILES string of the molecule is COc1cccc2c1C(=O)c1c(O)c3c(c(O)c1C2=O)C[C@@](O)(/C(CO)=N/NC(=O)C(C)C)C[C@@H]3O[C@@H]1C[C@@H](C)[C@H]2O[C@@H]3[C@@H](OC)OCCN3[C@H]2C1.COc1cccc2c1C(=O)c1c(O)c3c(c(O)c1C2=O)C[C@@](O)(C(=O)C(C)C)C[C@@H]3O[C@H]1CC2[C@H](O[C@@H]3[C@@H](OC)OCCN23)[C@H](C)O1. The lowest BCUT2D eigenvalue weighted by Gasteiger charge is -2.44. The molecule has 0 aromatic heterocycles. The second-order valence-corrected chi connectivity index (χ2v) is 27.8. The average molecular weight is 1380 g/mol. The first kappa shape index (κ1) is 70.1. The van der Waals surface area contributed by atoms with E-state index < -0.39 is 167 Å². The van der Waals surface area contributed by atoms with Gasteiger partial charge < -0.3 is 87.9 Å². The van der Waals surface area contributed by atoms with Gasteiger partial charge in [-0.05, 0) is 37.8 Å². The molecule has 16 atom stereocenters. The number of benzene rings is 4. The Kier molecular flexibility index (Phi) is 19.0. The van der Waals surface area contributed by atoms with Crippen molar-refractivity contribution in [3.05, 3.63) is 103 Å². The van der Waals surface area contributed by atoms with Crippen molar-refractivity contribution in [3.63, 3.8) is 0 Å². The molecule has 4 aromatic rings. The lowest BCUT2D eigenvalue weighted by molar-refractivity contribution is -0.256. The second kappa shape index (κ2) is 26.9. The molecule has 5 aliphatic carbocycles. The lowest BCUT2D eigenvalue weighted by atomic mass is 9.70. The summed E-state index contributed by atoms with van der Waals surface area (Å²) in [5.41, 5.74) is -3.54. The highest BCUT2D eigenvalue weighted by molar-refractivity contribution is 6.32. The van der Waals surface area contributed by atoms with Crippen molar-refractivity contribution in [2.24, 2.45) is 22.9 Å². The topological polar surface area (TPSA) is 376 Å². The molecule has 5 aliphatic heterocycles. The van der Waals surface area contributed by atoms with Crippen LogP contribution in [0.1, 0.15) is 172 Å². The van der Waals surface area contributed by atoms with Gasteiger partial charge in [-0.3, -0.25) is 38.6 Å². The number of nitrogens with one attached hydrogen (secondary N) is 1. The van der Waals surface area contributed by atoms with Crippen molar-refractivity contribution in [2.45, 2.75) is 178 Å². The fourth-order valence-corrected chi connectivity index (χ4v) is 16.7. The standard InChI is InChI=1S/C37H45N3O12.C34H39NO12/c1-16(2)34(46)39-38-24(15-41)37(47)13-20-26(32(45)28-27(30(20)43)29(42)19-7-6-8-22(48-4)25(19)31(28)44)23(14-37)51-18-11-17(3)33-21(12-18)40-9-10-50-36(49-5)35(40)52-33;1-14(2)31(40)34(41)12-17-23(29(39)25-24(27(17)37)26(36)16-7-6-8-19(42-4)22(16)28(25)38)20(13-34)46-21-11-18-30(15(3)45-21)47-32-33(43-5)44-10-9-35(18)32/h6-8,16-18,21,23,33,35-36,41,43,45,47H,9-15H2,1-5H3,(H,39,46);6-8,14-15,18,20-21,30,32-33,37,39,41H,9-13H2,1-5H3/b38-24+;/t17-,18-,21+,23+,33-,35-,36+,37+;15-,18?,20-,21-,30+,32+,33-,34-/m10/s1. The summed E-state index contributed by atoms with van der Waals surface area (Å²) in [4.78, 5) is 86.0. The number of nitrogens with zero attached hydrogens (tertiary/aromatic N) is 3. The number of aliphatic hydroxyl groups excluding tert-OH is 1. The molecule has 99 heavy (non-hydrogen) atoms. The van der Waals surface area contributed by atoms with Gasteiger partial charge in [0.05, 0.1) is 104 Å². The Morgan fingerprint density at radius 1 is 0.616 bits per heavy atom. The van der Waals surface area contributed by atoms with Crippen LogP contribution in [0.5, 0.6) is 34.5 Å². The molecular weight excluding hydrogens is 1290 g/mol. The third-order valence-electron chi connectivity index (χ3n) is 21.3. The zero-order valence-corrected chi connectivity index (χ0v) is 56.6. The van der Waals surface area contributed by atoms with E-state index in [0.717, 1.165) is 0 Å². The maximum absolute atomic E-state index is 14.1. The first-order valence-corrected chi connectivity index (χ1v) is 33.5. The molecule has 1 saturated carbocycles. The number of phenols is 4. The number of aromatic hydroxyl groups is 4. The molecule has 532 valence electrons. The van der Waals surface area contributed by atoms with E-state index in [-0.39, 0.29) is 116 Å². The molecular formula is C71H84N4O24. The van der Waals surface area contributed by atoms with Gasteiger partial charge in [-0.15, -0.1) is 0 Å². The van der Waals surface area contributed by atoms with E-state index in [1.54, 1.807) is 54.0 Å². The number of carbonyl (C=O) groups is 6. The van der Waals surface area contributed by atoms with Gasteiger partial charge in [0, 0.05) is 117 Å². The van der Waals surface area contributed by atoms with Crippen molar-refractivity contribution in [1.82, 2.24) is 15.2 Å². The van der Waals surface area contributed by atoms with E-state index in [9.17, 15) is 64.5 Å². The number of carbonyl (C=O) groups excluding carboxylic acids is 6. The van der Waals surface area contributed by atoms with Gasteiger partial charge in [0.1, 0.15) is 51.8 Å². The van der Waals surface area contributed by atoms with Crippen LogP contribution in [0.25, 0.3) is 0 Å². The molecule has 14 rings (SSSR count). The first-order chi connectivity index (χ1) is 47.2. The van der Waals surface area contributed by atoms with E-state index in [0.29, 0.717) is 45.6 Å². The number of phenolic OH excluding ortho intramolecular Hbond substituents is 4. The molecule has 6 fully saturated rings. The van der Waals surface area contributed by atoms with Crippen molar-refractivity contribution < 1.29 is 117 Å². The number of fused-ring (bicyclic) bond motifs is 12. The van der Waals surface area contributed by atoms with Crippen molar-refractivity contribution >= 4 is 40.5 Å². The summed E-state index contributed by atoms with van der Waals surface area (Å²) < 4.78 is 65.6. The van der Waals surface area contributed by atoms with E-state index in [2.05, 4.69) is 27.3 Å². The number of ketones is 5. The van der Waals surface area contributed by atoms with Crippen LogP contribution in [0, 0.1) is 17.8 Å². The molecule has 1 unspecified atom stereocenters. The van der Waals surface area contributed by atoms with Crippen LogP contribution < -0.4 is 14.9 Å². The molecule has 10 aliphatic rings. The van der Waals surface area contributed by atoms with Gasteiger partial charge in [0.25, 0.3) is 0 Å². The molecule has 0 spiro atoms. The quantitative estimate of drug-likeness (QED) is 0.0428. The van der Waals surface area contributed by atoms with Crippen LogP contribution in [-0.4, -0.2) is 226 Å². The molecule has 8 N–H and O–H groups in total. The van der Waals surface area contributed by atoms with Crippen LogP contribution >= 0.6 is 0 Å². The van der Waals surface area contributed by atoms with Crippen LogP contribution in [0.15, 0.2) is 41.5 Å². The van der Waals surface area contributed by atoms with Crippen molar-refractivity contribution in [1.29, 1.82) is 0 Å². The Hall–Kier alpha value is -7.39. The van der Waals surface area contributed by atoms with Gasteiger partial charge >= 0.3 is 0 Å². The van der Waals surface area contributed by atoms with Gasteiger partial charge in [-0.25, -0.2) is 5.43 Å². The minimum atomic E-state index is -2.02. The summed E-state index contributed by atoms with van der Waals surface area (Å²) in [6, 6.07) is 8.83. The Morgan fingerprint density at radius 2 is 1.10 bits per heavy atom. The largest absolute Gasteiger partial charge is 0.507 e. The summed E-state index contributed by atoms with van der Waals surface area (Å²) >= 11 is 0. The molecule has 4 aromatic carbocycles. The van der Waals surface area contributed by atoms with Crippen LogP contribution in [-0.2, 0) is 65.1 Å². The summed E-state index contributed by atoms with van der Waals surface area (Å²) in [6.45, 7) is 11.9. The molecule has 5 heterocycles. The Balaban J connectivity index is 0.000000179. The zero-order chi connectivity index (χ0) is 70.7.